The van der Waals surface area contributed by atoms with Gasteiger partial charge in [0.25, 0.3) is 0 Å². The van der Waals surface area contributed by atoms with Crippen LogP contribution >= 0.6 is 11.6 Å². The van der Waals surface area contributed by atoms with Gasteiger partial charge in [0.2, 0.25) is 0 Å². The molecule has 0 radical (unpaired) electrons. The van der Waals surface area contributed by atoms with Crippen LogP contribution in [0.25, 0.3) is 0 Å². The number of aliphatic carboxylic acids is 1. The summed E-state index contributed by atoms with van der Waals surface area (Å²) in [4.78, 5) is 12.8. The van der Waals surface area contributed by atoms with Crippen molar-refractivity contribution in [2.24, 2.45) is 5.92 Å². The number of rotatable bonds is 4. The van der Waals surface area contributed by atoms with Crippen LogP contribution in [0.4, 0.5) is 0 Å². The molecule has 98 valence electrons. The Morgan fingerprint density at radius 2 is 2.28 bits per heavy atom. The number of benzene rings is 1. The van der Waals surface area contributed by atoms with Gasteiger partial charge in [-0.05, 0) is 31.0 Å². The summed E-state index contributed by atoms with van der Waals surface area (Å²) in [6, 6.07) is 5.08. The Labute approximate surface area is 111 Å². The predicted molar refractivity (Wildman–Crippen MR) is 68.8 cm³/mol. The number of nitrogens with zero attached hydrogens (tertiary/aromatic N) is 1. The van der Waals surface area contributed by atoms with Crippen molar-refractivity contribution in [3.63, 3.8) is 0 Å². The smallest absolute Gasteiger partial charge is 0.303 e. The van der Waals surface area contributed by atoms with E-state index in [2.05, 4.69) is 4.90 Å². The highest BCUT2D eigenvalue weighted by Gasteiger charge is 2.25. The maximum absolute atomic E-state index is 10.6. The normalized spacial score (nSPS) is 20.2. The predicted octanol–water partition coefficient (Wildman–Crippen LogP) is 2.34. The molecule has 1 saturated heterocycles. The van der Waals surface area contributed by atoms with Crippen LogP contribution in [0.2, 0.25) is 5.02 Å². The van der Waals surface area contributed by atoms with Crippen molar-refractivity contribution in [2.75, 3.05) is 13.1 Å². The number of phenolic OH excluding ortho intramolecular Hbond substituents is 1. The Morgan fingerprint density at radius 3 is 2.94 bits per heavy atom. The lowest BCUT2D eigenvalue weighted by Crippen LogP contribution is -2.21. The van der Waals surface area contributed by atoms with Crippen LogP contribution in [0, 0.1) is 5.92 Å². The van der Waals surface area contributed by atoms with E-state index in [9.17, 15) is 9.90 Å². The molecule has 0 aromatic heterocycles. The van der Waals surface area contributed by atoms with Crippen molar-refractivity contribution in [1.82, 2.24) is 4.90 Å². The minimum atomic E-state index is -0.748. The van der Waals surface area contributed by atoms with Crippen molar-refractivity contribution >= 4 is 17.6 Å². The third-order valence-electron chi connectivity index (χ3n) is 3.31. The molecule has 1 fully saturated rings. The molecule has 1 heterocycles. The molecule has 0 aliphatic carbocycles. The third kappa shape index (κ3) is 3.15. The van der Waals surface area contributed by atoms with Crippen molar-refractivity contribution in [1.29, 1.82) is 0 Å². The Balaban J connectivity index is 1.97. The number of hydrogen-bond acceptors (Lipinski definition) is 3. The largest absolute Gasteiger partial charge is 0.508 e. The molecule has 1 aromatic rings. The van der Waals surface area contributed by atoms with E-state index in [1.165, 1.54) is 0 Å². The molecule has 1 aliphatic rings. The topological polar surface area (TPSA) is 60.8 Å². The maximum atomic E-state index is 10.6. The summed E-state index contributed by atoms with van der Waals surface area (Å²) >= 11 is 6.05. The molecule has 0 bridgehead atoms. The molecule has 4 nitrogen and oxygen atoms in total. The van der Waals surface area contributed by atoms with Gasteiger partial charge in [-0.2, -0.15) is 0 Å². The highest BCUT2D eigenvalue weighted by Crippen LogP contribution is 2.29. The molecule has 5 heteroatoms. The Bertz CT molecular complexity index is 430. The third-order valence-corrected chi connectivity index (χ3v) is 3.66. The molecule has 2 rings (SSSR count). The second-order valence-corrected chi connectivity index (χ2v) is 5.13. The van der Waals surface area contributed by atoms with Gasteiger partial charge in [-0.1, -0.05) is 17.7 Å². The zero-order chi connectivity index (χ0) is 13.1. The summed E-state index contributed by atoms with van der Waals surface area (Å²) in [5.41, 5.74) is 0.718. The van der Waals surface area contributed by atoms with Gasteiger partial charge in [0.05, 0.1) is 0 Å². The fraction of sp³-hybridized carbons (Fsp3) is 0.462. The lowest BCUT2D eigenvalue weighted by molar-refractivity contribution is -0.138. The van der Waals surface area contributed by atoms with Crippen LogP contribution in [-0.4, -0.2) is 34.2 Å². The van der Waals surface area contributed by atoms with Gasteiger partial charge in [-0.15, -0.1) is 0 Å². The number of likely N-dealkylation sites (tertiary alicyclic amines) is 1. The first kappa shape index (κ1) is 13.2. The highest BCUT2D eigenvalue weighted by atomic mass is 35.5. The molecular weight excluding hydrogens is 254 g/mol. The molecule has 0 amide bonds. The van der Waals surface area contributed by atoms with Gasteiger partial charge in [0, 0.05) is 30.1 Å². The number of phenols is 1. The number of carbonyl (C=O) groups is 1. The lowest BCUT2D eigenvalue weighted by Gasteiger charge is -2.17. The van der Waals surface area contributed by atoms with Gasteiger partial charge < -0.3 is 10.2 Å². The van der Waals surface area contributed by atoms with Crippen LogP contribution < -0.4 is 0 Å². The van der Waals surface area contributed by atoms with E-state index in [4.69, 9.17) is 16.7 Å². The van der Waals surface area contributed by atoms with E-state index >= 15 is 0 Å². The Morgan fingerprint density at radius 1 is 1.50 bits per heavy atom. The van der Waals surface area contributed by atoms with Crippen LogP contribution in [-0.2, 0) is 11.3 Å². The minimum Gasteiger partial charge on any atom is -0.508 e. The van der Waals surface area contributed by atoms with E-state index in [0.29, 0.717) is 11.6 Å². The van der Waals surface area contributed by atoms with Gasteiger partial charge in [0.15, 0.2) is 0 Å². The number of carboxylic acid groups (broad SMARTS) is 1. The maximum Gasteiger partial charge on any atom is 0.303 e. The van der Waals surface area contributed by atoms with E-state index in [1.807, 2.05) is 0 Å². The second kappa shape index (κ2) is 5.59. The van der Waals surface area contributed by atoms with E-state index in [-0.39, 0.29) is 18.1 Å². The van der Waals surface area contributed by atoms with E-state index in [1.54, 1.807) is 18.2 Å². The van der Waals surface area contributed by atoms with Gasteiger partial charge in [-0.25, -0.2) is 0 Å². The fourth-order valence-corrected chi connectivity index (χ4v) is 2.63. The summed E-state index contributed by atoms with van der Waals surface area (Å²) in [6.45, 7) is 2.17. The second-order valence-electron chi connectivity index (χ2n) is 4.73. The molecule has 1 aliphatic heterocycles. The summed E-state index contributed by atoms with van der Waals surface area (Å²) in [5, 5.41) is 19.1. The first-order chi connectivity index (χ1) is 8.56. The van der Waals surface area contributed by atoms with E-state index in [0.717, 1.165) is 25.1 Å². The molecule has 18 heavy (non-hydrogen) atoms. The SMILES string of the molecule is O=C(O)CC1CCN(Cc2c(O)cccc2Cl)C1. The summed E-state index contributed by atoms with van der Waals surface area (Å²) < 4.78 is 0. The molecular formula is C13H16ClNO3. The fourth-order valence-electron chi connectivity index (χ4n) is 2.40. The number of halogens is 1. The van der Waals surface area contributed by atoms with Crippen LogP contribution in [0.1, 0.15) is 18.4 Å². The molecule has 1 atom stereocenters. The Hall–Kier alpha value is -1.26. The van der Waals surface area contributed by atoms with Crippen molar-refractivity contribution < 1.29 is 15.0 Å². The average molecular weight is 270 g/mol. The lowest BCUT2D eigenvalue weighted by atomic mass is 10.1. The molecule has 2 N–H and O–H groups in total. The van der Waals surface area contributed by atoms with Crippen LogP contribution in [0.5, 0.6) is 5.75 Å². The van der Waals surface area contributed by atoms with Crippen LogP contribution in [0.15, 0.2) is 18.2 Å². The molecule has 1 aromatic carbocycles. The zero-order valence-corrected chi connectivity index (χ0v) is 10.7. The number of carboxylic acids is 1. The first-order valence-electron chi connectivity index (χ1n) is 5.96. The average Bonchev–Trinajstić information content (AvgIpc) is 2.70. The molecule has 0 saturated carbocycles. The van der Waals surface area contributed by atoms with Crippen molar-refractivity contribution in [3.05, 3.63) is 28.8 Å². The monoisotopic (exact) mass is 269 g/mol. The van der Waals surface area contributed by atoms with Crippen LogP contribution in [0.3, 0.4) is 0 Å². The standard InChI is InChI=1S/C13H16ClNO3/c14-11-2-1-3-12(16)10(11)8-15-5-4-9(7-15)6-13(17)18/h1-3,9,16H,4-8H2,(H,17,18). The number of aromatic hydroxyl groups is 1. The van der Waals surface area contributed by atoms with Gasteiger partial charge in [0.1, 0.15) is 5.75 Å². The summed E-state index contributed by atoms with van der Waals surface area (Å²) in [7, 11) is 0. The summed E-state index contributed by atoms with van der Waals surface area (Å²) in [5.74, 6) is -0.348. The van der Waals surface area contributed by atoms with E-state index < -0.39 is 5.97 Å². The number of hydrogen-bond donors (Lipinski definition) is 2. The first-order valence-corrected chi connectivity index (χ1v) is 6.34. The summed E-state index contributed by atoms with van der Waals surface area (Å²) in [6.07, 6.45) is 1.10. The van der Waals surface area contributed by atoms with Crippen molar-refractivity contribution in [2.45, 2.75) is 19.4 Å². The minimum absolute atomic E-state index is 0.198. The van der Waals surface area contributed by atoms with Crippen molar-refractivity contribution in [3.8, 4) is 5.75 Å². The quantitative estimate of drug-likeness (QED) is 0.881. The van der Waals surface area contributed by atoms with Gasteiger partial charge >= 0.3 is 5.97 Å². The Kier molecular flexibility index (Phi) is 4.09. The van der Waals surface area contributed by atoms with Gasteiger partial charge in [-0.3, -0.25) is 9.69 Å². The highest BCUT2D eigenvalue weighted by molar-refractivity contribution is 6.31. The zero-order valence-electron chi connectivity index (χ0n) is 9.97. The molecule has 0 spiro atoms. The molecule has 1 unspecified atom stereocenters.